The lowest BCUT2D eigenvalue weighted by Gasteiger charge is -2.09. The van der Waals surface area contributed by atoms with Crippen molar-refractivity contribution in [1.82, 2.24) is 4.98 Å². The maximum atomic E-state index is 13.6. The summed E-state index contributed by atoms with van der Waals surface area (Å²) in [6.45, 7) is 0. The molecule has 2 rings (SSSR count). The molecule has 0 unspecified atom stereocenters. The molecule has 1 heterocycles. The molecule has 3 nitrogen and oxygen atoms in total. The Balaban J connectivity index is 2.38. The number of aromatic nitrogens is 1. The van der Waals surface area contributed by atoms with Gasteiger partial charge in [-0.15, -0.1) is 0 Å². The highest BCUT2D eigenvalue weighted by Gasteiger charge is 2.13. The van der Waals surface area contributed by atoms with Gasteiger partial charge in [0.05, 0.1) is 4.47 Å². The molecule has 0 aliphatic heterocycles. The molecule has 5 heteroatoms. The highest BCUT2D eigenvalue weighted by Crippen LogP contribution is 2.33. The Kier molecular flexibility index (Phi) is 3.05. The molecule has 2 aromatic rings. The Bertz CT molecular complexity index is 505. The van der Waals surface area contributed by atoms with Crippen molar-refractivity contribution in [3.8, 4) is 11.5 Å². The van der Waals surface area contributed by atoms with E-state index in [0.717, 1.165) is 0 Å². The van der Waals surface area contributed by atoms with Crippen LogP contribution in [0.4, 0.5) is 10.2 Å². The standard InChI is InChI=1S/C11H8BrFN2O/c12-8-6-15-11(14)9(13)10(8)16-7-4-2-1-3-5-7/h1-6H,(H2,14,15). The molecule has 1 aromatic heterocycles. The fourth-order valence-electron chi connectivity index (χ4n) is 1.16. The van der Waals surface area contributed by atoms with Gasteiger partial charge >= 0.3 is 0 Å². The first-order valence-electron chi connectivity index (χ1n) is 4.51. The van der Waals surface area contributed by atoms with Gasteiger partial charge in [-0.2, -0.15) is 4.39 Å². The maximum Gasteiger partial charge on any atom is 0.208 e. The first-order chi connectivity index (χ1) is 7.68. The average Bonchev–Trinajstić information content (AvgIpc) is 2.31. The van der Waals surface area contributed by atoms with Crippen LogP contribution in [0.1, 0.15) is 0 Å². The van der Waals surface area contributed by atoms with Crippen molar-refractivity contribution >= 4 is 21.7 Å². The van der Waals surface area contributed by atoms with E-state index in [1.807, 2.05) is 6.07 Å². The number of anilines is 1. The van der Waals surface area contributed by atoms with Crippen LogP contribution in [0.3, 0.4) is 0 Å². The number of nitrogens with two attached hydrogens (primary N) is 1. The quantitative estimate of drug-likeness (QED) is 0.919. The highest BCUT2D eigenvalue weighted by molar-refractivity contribution is 9.10. The van der Waals surface area contributed by atoms with Crippen LogP contribution in [0.2, 0.25) is 0 Å². The SMILES string of the molecule is Nc1ncc(Br)c(Oc2ccccc2)c1F. The van der Waals surface area contributed by atoms with Crippen LogP contribution in [-0.4, -0.2) is 4.98 Å². The number of hydrogen-bond acceptors (Lipinski definition) is 3. The molecule has 0 spiro atoms. The number of hydrogen-bond donors (Lipinski definition) is 1. The Hall–Kier alpha value is -1.62. The molecule has 82 valence electrons. The van der Waals surface area contributed by atoms with E-state index < -0.39 is 5.82 Å². The molecule has 0 saturated carbocycles. The third kappa shape index (κ3) is 2.14. The van der Waals surface area contributed by atoms with E-state index in [4.69, 9.17) is 10.5 Å². The van der Waals surface area contributed by atoms with Gasteiger partial charge in [-0.1, -0.05) is 18.2 Å². The molecule has 1 aromatic carbocycles. The summed E-state index contributed by atoms with van der Waals surface area (Å²) in [6.07, 6.45) is 1.40. The molecular formula is C11H8BrFN2O. The summed E-state index contributed by atoms with van der Waals surface area (Å²) >= 11 is 3.16. The van der Waals surface area contributed by atoms with Crippen LogP contribution in [0.5, 0.6) is 11.5 Å². The minimum absolute atomic E-state index is 0.0405. The molecule has 0 atom stereocenters. The summed E-state index contributed by atoms with van der Waals surface area (Å²) in [5.74, 6) is -0.279. The molecule has 2 N–H and O–H groups in total. The van der Waals surface area contributed by atoms with E-state index in [1.165, 1.54) is 6.20 Å². The maximum absolute atomic E-state index is 13.6. The lowest BCUT2D eigenvalue weighted by atomic mass is 10.3. The molecule has 0 aliphatic rings. The molecule has 0 saturated heterocycles. The lowest BCUT2D eigenvalue weighted by Crippen LogP contribution is -1.98. The van der Waals surface area contributed by atoms with Crippen molar-refractivity contribution in [3.63, 3.8) is 0 Å². The molecule has 0 radical (unpaired) electrons. The summed E-state index contributed by atoms with van der Waals surface area (Å²) in [7, 11) is 0. The van der Waals surface area contributed by atoms with E-state index >= 15 is 0 Å². The van der Waals surface area contributed by atoms with Gasteiger partial charge in [-0.25, -0.2) is 4.98 Å². The number of nitrogens with zero attached hydrogens (tertiary/aromatic N) is 1. The zero-order valence-electron chi connectivity index (χ0n) is 8.15. The van der Waals surface area contributed by atoms with Crippen molar-refractivity contribution in [2.45, 2.75) is 0 Å². The number of para-hydroxylation sites is 1. The predicted octanol–water partition coefficient (Wildman–Crippen LogP) is 3.36. The Morgan fingerprint density at radius 3 is 2.62 bits per heavy atom. The third-order valence-corrected chi connectivity index (χ3v) is 2.49. The number of ether oxygens (including phenoxy) is 1. The monoisotopic (exact) mass is 282 g/mol. The summed E-state index contributed by atoms with van der Waals surface area (Å²) in [5.41, 5.74) is 5.36. The summed E-state index contributed by atoms with van der Waals surface area (Å²) in [6, 6.07) is 8.89. The summed E-state index contributed by atoms with van der Waals surface area (Å²) in [5, 5.41) is 0. The Morgan fingerprint density at radius 1 is 1.25 bits per heavy atom. The highest BCUT2D eigenvalue weighted by atomic mass is 79.9. The minimum atomic E-state index is -0.668. The molecule has 16 heavy (non-hydrogen) atoms. The number of nitrogen functional groups attached to an aromatic ring is 1. The van der Waals surface area contributed by atoms with E-state index in [9.17, 15) is 4.39 Å². The summed E-state index contributed by atoms with van der Waals surface area (Å²) < 4.78 is 19.4. The van der Waals surface area contributed by atoms with E-state index in [-0.39, 0.29) is 11.6 Å². The largest absolute Gasteiger partial charge is 0.453 e. The molecule has 0 aliphatic carbocycles. The van der Waals surface area contributed by atoms with Crippen LogP contribution in [0, 0.1) is 5.82 Å². The number of halogens is 2. The fraction of sp³-hybridized carbons (Fsp3) is 0. The Labute approximate surface area is 100 Å². The number of benzene rings is 1. The van der Waals surface area contributed by atoms with Gasteiger partial charge in [0.1, 0.15) is 5.75 Å². The first-order valence-corrected chi connectivity index (χ1v) is 5.30. The van der Waals surface area contributed by atoms with Crippen molar-refractivity contribution in [2.75, 3.05) is 5.73 Å². The lowest BCUT2D eigenvalue weighted by molar-refractivity contribution is 0.439. The topological polar surface area (TPSA) is 48.1 Å². The van der Waals surface area contributed by atoms with Gasteiger partial charge in [-0.3, -0.25) is 0 Å². The molecule has 0 fully saturated rings. The van der Waals surface area contributed by atoms with Crippen molar-refractivity contribution in [3.05, 3.63) is 46.8 Å². The van der Waals surface area contributed by atoms with Crippen molar-refractivity contribution < 1.29 is 9.13 Å². The van der Waals surface area contributed by atoms with E-state index in [1.54, 1.807) is 24.3 Å². The van der Waals surface area contributed by atoms with Crippen LogP contribution in [0.25, 0.3) is 0 Å². The van der Waals surface area contributed by atoms with Crippen molar-refractivity contribution in [2.24, 2.45) is 0 Å². The predicted molar refractivity (Wildman–Crippen MR) is 62.8 cm³/mol. The van der Waals surface area contributed by atoms with Crippen molar-refractivity contribution in [1.29, 1.82) is 0 Å². The zero-order chi connectivity index (χ0) is 11.5. The van der Waals surface area contributed by atoms with Gasteiger partial charge in [0.15, 0.2) is 11.6 Å². The van der Waals surface area contributed by atoms with Crippen LogP contribution in [0.15, 0.2) is 41.0 Å². The van der Waals surface area contributed by atoms with Crippen LogP contribution < -0.4 is 10.5 Å². The van der Waals surface area contributed by atoms with Gasteiger partial charge < -0.3 is 10.5 Å². The van der Waals surface area contributed by atoms with Gasteiger partial charge in [0, 0.05) is 6.20 Å². The second-order valence-corrected chi connectivity index (χ2v) is 3.90. The zero-order valence-corrected chi connectivity index (χ0v) is 9.74. The second-order valence-electron chi connectivity index (χ2n) is 3.05. The Morgan fingerprint density at radius 2 is 1.94 bits per heavy atom. The molecular weight excluding hydrogens is 275 g/mol. The van der Waals surface area contributed by atoms with Gasteiger partial charge in [-0.05, 0) is 28.1 Å². The fourth-order valence-corrected chi connectivity index (χ4v) is 1.52. The van der Waals surface area contributed by atoms with E-state index in [0.29, 0.717) is 10.2 Å². The van der Waals surface area contributed by atoms with Gasteiger partial charge in [0.25, 0.3) is 0 Å². The smallest absolute Gasteiger partial charge is 0.208 e. The molecule has 0 amide bonds. The van der Waals surface area contributed by atoms with Gasteiger partial charge in [0.2, 0.25) is 5.82 Å². The minimum Gasteiger partial charge on any atom is -0.453 e. The number of rotatable bonds is 2. The average molecular weight is 283 g/mol. The molecule has 0 bridgehead atoms. The summed E-state index contributed by atoms with van der Waals surface area (Å²) in [4.78, 5) is 3.66. The van der Waals surface area contributed by atoms with Crippen LogP contribution >= 0.6 is 15.9 Å². The first kappa shape index (κ1) is 10.9. The normalized spacial score (nSPS) is 10.1. The van der Waals surface area contributed by atoms with Crippen LogP contribution in [-0.2, 0) is 0 Å². The second kappa shape index (κ2) is 4.49. The number of pyridine rings is 1. The third-order valence-electron chi connectivity index (χ3n) is 1.92. The van der Waals surface area contributed by atoms with E-state index in [2.05, 4.69) is 20.9 Å².